The molecule has 5 nitrogen and oxygen atoms in total. The van der Waals surface area contributed by atoms with Crippen LogP contribution in [0.15, 0.2) is 60.7 Å². The summed E-state index contributed by atoms with van der Waals surface area (Å²) in [6.45, 7) is 3.92. The molecule has 0 aromatic heterocycles. The van der Waals surface area contributed by atoms with Gasteiger partial charge in [-0.05, 0) is 5.56 Å². The number of nitrogens with zero attached hydrogens (tertiary/aromatic N) is 1. The second kappa shape index (κ2) is 10.00. The zero-order valence-corrected chi connectivity index (χ0v) is 15.5. The molecule has 3 rings (SSSR count). The Bertz CT molecular complexity index is 728. The van der Waals surface area contributed by atoms with Gasteiger partial charge in [0.15, 0.2) is 5.78 Å². The van der Waals surface area contributed by atoms with Gasteiger partial charge in [0.2, 0.25) is 5.91 Å². The summed E-state index contributed by atoms with van der Waals surface area (Å²) in [5, 5.41) is 3.11. The van der Waals surface area contributed by atoms with Gasteiger partial charge in [-0.25, -0.2) is 0 Å². The number of rotatable bonds is 8. The zero-order valence-electron chi connectivity index (χ0n) is 15.5. The molecule has 1 aliphatic rings. The van der Waals surface area contributed by atoms with Crippen LogP contribution in [0.5, 0.6) is 0 Å². The Labute approximate surface area is 160 Å². The van der Waals surface area contributed by atoms with Crippen molar-refractivity contribution in [2.45, 2.75) is 18.9 Å². The van der Waals surface area contributed by atoms with Crippen LogP contribution in [-0.2, 0) is 9.53 Å². The van der Waals surface area contributed by atoms with E-state index in [0.29, 0.717) is 5.56 Å². The molecule has 5 heteroatoms. The van der Waals surface area contributed by atoms with Crippen LogP contribution >= 0.6 is 0 Å². The molecule has 0 spiro atoms. The minimum absolute atomic E-state index is 0.00445. The van der Waals surface area contributed by atoms with Gasteiger partial charge in [-0.2, -0.15) is 0 Å². The molecular formula is C22H26N2O3. The van der Waals surface area contributed by atoms with Crippen LogP contribution in [0.1, 0.15) is 34.8 Å². The van der Waals surface area contributed by atoms with Gasteiger partial charge in [0.1, 0.15) is 0 Å². The summed E-state index contributed by atoms with van der Waals surface area (Å²) in [4.78, 5) is 27.0. The van der Waals surface area contributed by atoms with Crippen molar-refractivity contribution in [1.82, 2.24) is 10.2 Å². The summed E-state index contributed by atoms with van der Waals surface area (Å²) in [5.41, 5.74) is 1.73. The number of carbonyl (C=O) groups is 2. The summed E-state index contributed by atoms with van der Waals surface area (Å²) < 4.78 is 5.41. The van der Waals surface area contributed by atoms with Crippen molar-refractivity contribution in [3.8, 4) is 0 Å². The van der Waals surface area contributed by atoms with E-state index in [-0.39, 0.29) is 30.6 Å². The van der Waals surface area contributed by atoms with E-state index in [4.69, 9.17) is 4.74 Å². The number of benzene rings is 2. The van der Waals surface area contributed by atoms with Gasteiger partial charge in [-0.3, -0.25) is 14.5 Å². The second-order valence-corrected chi connectivity index (χ2v) is 6.73. The molecule has 142 valence electrons. The Morgan fingerprint density at radius 3 is 2.22 bits per heavy atom. The van der Waals surface area contributed by atoms with Gasteiger partial charge in [0.05, 0.1) is 19.3 Å². The maximum Gasteiger partial charge on any atom is 0.220 e. The van der Waals surface area contributed by atoms with Gasteiger partial charge in [0.25, 0.3) is 0 Å². The quantitative estimate of drug-likeness (QED) is 0.730. The topological polar surface area (TPSA) is 58.6 Å². The van der Waals surface area contributed by atoms with Gasteiger partial charge < -0.3 is 10.1 Å². The molecule has 0 aliphatic carbocycles. The number of carbonyl (C=O) groups excluding carboxylic acids is 2. The highest BCUT2D eigenvalue weighted by molar-refractivity contribution is 5.97. The third-order valence-corrected chi connectivity index (χ3v) is 4.76. The highest BCUT2D eigenvalue weighted by atomic mass is 16.5. The first-order valence-electron chi connectivity index (χ1n) is 9.45. The Morgan fingerprint density at radius 1 is 0.926 bits per heavy atom. The van der Waals surface area contributed by atoms with E-state index in [1.54, 1.807) is 12.1 Å². The summed E-state index contributed by atoms with van der Waals surface area (Å²) in [7, 11) is 0. The van der Waals surface area contributed by atoms with E-state index in [1.165, 1.54) is 0 Å². The normalized spacial score (nSPS) is 15.9. The summed E-state index contributed by atoms with van der Waals surface area (Å²) in [5.74, 6) is -0.100. The Kier molecular flexibility index (Phi) is 7.13. The molecule has 0 radical (unpaired) electrons. The number of amides is 1. The number of hydrogen-bond acceptors (Lipinski definition) is 4. The molecular weight excluding hydrogens is 340 g/mol. The van der Waals surface area contributed by atoms with Crippen molar-refractivity contribution in [1.29, 1.82) is 0 Å². The zero-order chi connectivity index (χ0) is 18.9. The maximum atomic E-state index is 12.5. The first kappa shape index (κ1) is 19.3. The molecule has 1 N–H and O–H groups in total. The van der Waals surface area contributed by atoms with Crippen LogP contribution in [0.4, 0.5) is 0 Å². The number of morpholine rings is 1. The van der Waals surface area contributed by atoms with E-state index in [0.717, 1.165) is 38.4 Å². The molecule has 27 heavy (non-hydrogen) atoms. The van der Waals surface area contributed by atoms with Gasteiger partial charge in [0, 0.05) is 38.0 Å². The van der Waals surface area contributed by atoms with Crippen molar-refractivity contribution in [3.05, 3.63) is 71.8 Å². The predicted molar refractivity (Wildman–Crippen MR) is 105 cm³/mol. The molecule has 1 heterocycles. The van der Waals surface area contributed by atoms with E-state index in [2.05, 4.69) is 10.2 Å². The monoisotopic (exact) mass is 366 g/mol. The van der Waals surface area contributed by atoms with Crippen LogP contribution in [0, 0.1) is 0 Å². The molecule has 1 aliphatic heterocycles. The van der Waals surface area contributed by atoms with Crippen LogP contribution in [0.25, 0.3) is 0 Å². The molecule has 0 unspecified atom stereocenters. The minimum Gasteiger partial charge on any atom is -0.379 e. The number of ketones is 1. The summed E-state index contributed by atoms with van der Waals surface area (Å²) in [6, 6.07) is 19.0. The van der Waals surface area contributed by atoms with Crippen LogP contribution < -0.4 is 5.32 Å². The lowest BCUT2D eigenvalue weighted by atomic mass is 10.0. The lowest BCUT2D eigenvalue weighted by Crippen LogP contribution is -2.43. The number of Topliss-reactive ketones (excluding diaryl/α,β-unsaturated/α-hetero) is 1. The highest BCUT2D eigenvalue weighted by Gasteiger charge is 2.20. The fourth-order valence-electron chi connectivity index (χ4n) is 3.22. The molecule has 0 bridgehead atoms. The number of nitrogens with one attached hydrogen (secondary N) is 1. The van der Waals surface area contributed by atoms with Crippen molar-refractivity contribution in [2.24, 2.45) is 0 Å². The smallest absolute Gasteiger partial charge is 0.220 e. The maximum absolute atomic E-state index is 12.5. The van der Waals surface area contributed by atoms with Crippen molar-refractivity contribution >= 4 is 11.7 Å². The van der Waals surface area contributed by atoms with E-state index < -0.39 is 0 Å². The van der Waals surface area contributed by atoms with Gasteiger partial charge >= 0.3 is 0 Å². The van der Waals surface area contributed by atoms with E-state index in [1.807, 2.05) is 48.5 Å². The molecule has 2 aromatic rings. The van der Waals surface area contributed by atoms with Crippen molar-refractivity contribution in [2.75, 3.05) is 32.8 Å². The number of hydrogen-bond donors (Lipinski definition) is 1. The summed E-state index contributed by atoms with van der Waals surface area (Å²) in [6.07, 6.45) is 0.412. The average Bonchev–Trinajstić information content (AvgIpc) is 2.73. The Hall–Kier alpha value is -2.50. The van der Waals surface area contributed by atoms with Crippen molar-refractivity contribution < 1.29 is 14.3 Å². The van der Waals surface area contributed by atoms with Crippen LogP contribution in [0.3, 0.4) is 0 Å². The van der Waals surface area contributed by atoms with Crippen LogP contribution in [0.2, 0.25) is 0 Å². The summed E-state index contributed by atoms with van der Waals surface area (Å²) >= 11 is 0. The van der Waals surface area contributed by atoms with Crippen molar-refractivity contribution in [3.63, 3.8) is 0 Å². The molecule has 1 atom stereocenters. The molecule has 0 saturated carbocycles. The third-order valence-electron chi connectivity index (χ3n) is 4.76. The lowest BCUT2D eigenvalue weighted by molar-refractivity contribution is -0.122. The molecule has 1 fully saturated rings. The fourth-order valence-corrected chi connectivity index (χ4v) is 3.22. The Balaban J connectivity index is 1.57. The van der Waals surface area contributed by atoms with E-state index >= 15 is 0 Å². The molecule has 1 saturated heterocycles. The first-order chi connectivity index (χ1) is 13.2. The lowest BCUT2D eigenvalue weighted by Gasteiger charge is -2.31. The SMILES string of the molecule is O=C(CCC(=O)c1ccccc1)N[C@H](CN1CCOCC1)c1ccccc1. The third kappa shape index (κ3) is 6.01. The standard InChI is InChI=1S/C22H26N2O3/c25-21(19-9-5-2-6-10-19)11-12-22(26)23-20(18-7-3-1-4-8-18)17-24-13-15-27-16-14-24/h1-10,20H,11-17H2,(H,23,26)/t20-/m1/s1. The van der Waals surface area contributed by atoms with Gasteiger partial charge in [-0.1, -0.05) is 60.7 Å². The highest BCUT2D eigenvalue weighted by Crippen LogP contribution is 2.16. The van der Waals surface area contributed by atoms with Gasteiger partial charge in [-0.15, -0.1) is 0 Å². The minimum atomic E-state index is -0.0959. The Morgan fingerprint density at radius 2 is 1.56 bits per heavy atom. The number of ether oxygens (including phenoxy) is 1. The second-order valence-electron chi connectivity index (χ2n) is 6.73. The first-order valence-corrected chi connectivity index (χ1v) is 9.45. The predicted octanol–water partition coefficient (Wildman–Crippen LogP) is 2.84. The molecule has 2 aromatic carbocycles. The van der Waals surface area contributed by atoms with E-state index in [9.17, 15) is 9.59 Å². The van der Waals surface area contributed by atoms with Crippen LogP contribution in [-0.4, -0.2) is 49.4 Å². The fraction of sp³-hybridized carbons (Fsp3) is 0.364. The largest absolute Gasteiger partial charge is 0.379 e. The average molecular weight is 366 g/mol. The molecule has 1 amide bonds.